The first kappa shape index (κ1) is 12.9. The average molecular weight is 307 g/mol. The lowest BCUT2D eigenvalue weighted by molar-refractivity contribution is 0.407. The van der Waals surface area contributed by atoms with Crippen molar-refractivity contribution in [1.82, 2.24) is 9.78 Å². The van der Waals surface area contributed by atoms with Crippen molar-refractivity contribution in [1.29, 1.82) is 0 Å². The minimum absolute atomic E-state index is 0.714. The molecule has 2 rings (SSSR count). The molecule has 1 aromatic carbocycles. The van der Waals surface area contributed by atoms with E-state index in [4.69, 9.17) is 4.74 Å². The summed E-state index contributed by atoms with van der Waals surface area (Å²) in [5, 5.41) is 5.07. The summed E-state index contributed by atoms with van der Waals surface area (Å²) in [5.41, 5.74) is 2.29. The van der Waals surface area contributed by atoms with Gasteiger partial charge in [0.25, 0.3) is 0 Å². The van der Waals surface area contributed by atoms with Crippen molar-refractivity contribution in [2.75, 3.05) is 12.4 Å². The number of hydrogen-bond acceptors (Lipinski definition) is 2. The van der Waals surface area contributed by atoms with Crippen LogP contribution in [0.3, 0.4) is 0 Å². The summed E-state index contributed by atoms with van der Waals surface area (Å²) in [5.74, 6) is 0.890. The second-order valence-corrected chi connectivity index (χ2v) is 4.48. The van der Waals surface area contributed by atoms with Crippen LogP contribution in [0.5, 0.6) is 5.75 Å². The van der Waals surface area contributed by atoms with Crippen LogP contribution in [0.4, 0.5) is 0 Å². The Morgan fingerprint density at radius 3 is 3.00 bits per heavy atom. The van der Waals surface area contributed by atoms with Gasteiger partial charge in [0.05, 0.1) is 13.7 Å². The minimum Gasteiger partial charge on any atom is -0.496 e. The maximum atomic E-state index is 5.38. The third-order valence-corrected chi connectivity index (χ3v) is 2.97. The molecular weight excluding hydrogens is 292 g/mol. The molecule has 94 valence electrons. The summed E-state index contributed by atoms with van der Waals surface area (Å²) >= 11 is 3.38. The molecule has 3 nitrogen and oxygen atoms in total. The van der Waals surface area contributed by atoms with E-state index in [9.17, 15) is 0 Å². The number of benzene rings is 1. The van der Waals surface area contributed by atoms with E-state index in [1.165, 1.54) is 0 Å². The smallest absolute Gasteiger partial charge is 0.123 e. The highest BCUT2D eigenvalue weighted by Crippen LogP contribution is 2.21. The molecule has 0 radical (unpaired) electrons. The molecular formula is C14H15BrN2O. The summed E-state index contributed by atoms with van der Waals surface area (Å²) in [6, 6.07) is 8.08. The van der Waals surface area contributed by atoms with Crippen molar-refractivity contribution in [3.8, 4) is 5.75 Å². The first-order chi connectivity index (χ1) is 8.83. The number of halogens is 1. The number of ether oxygens (including phenoxy) is 1. The second kappa shape index (κ2) is 6.40. The van der Waals surface area contributed by atoms with Crippen molar-refractivity contribution < 1.29 is 4.74 Å². The highest BCUT2D eigenvalue weighted by atomic mass is 79.9. The number of rotatable bonds is 5. The van der Waals surface area contributed by atoms with E-state index < -0.39 is 0 Å². The first-order valence-corrected chi connectivity index (χ1v) is 6.82. The lowest BCUT2D eigenvalue weighted by Gasteiger charge is -2.09. The zero-order valence-corrected chi connectivity index (χ0v) is 11.8. The lowest BCUT2D eigenvalue weighted by Crippen LogP contribution is -2.02. The van der Waals surface area contributed by atoms with Crippen LogP contribution in [0.1, 0.15) is 11.1 Å². The third kappa shape index (κ3) is 3.23. The van der Waals surface area contributed by atoms with Gasteiger partial charge in [-0.25, -0.2) is 0 Å². The molecule has 0 saturated heterocycles. The highest BCUT2D eigenvalue weighted by Gasteiger charge is 2.04. The van der Waals surface area contributed by atoms with Crippen LogP contribution < -0.4 is 4.74 Å². The Hall–Kier alpha value is -1.55. The van der Waals surface area contributed by atoms with E-state index in [0.717, 1.165) is 22.2 Å². The van der Waals surface area contributed by atoms with Crippen molar-refractivity contribution in [3.05, 3.63) is 53.9 Å². The predicted molar refractivity (Wildman–Crippen MR) is 77.2 cm³/mol. The Kier molecular flexibility index (Phi) is 4.59. The molecule has 0 saturated carbocycles. The molecule has 0 unspecified atom stereocenters. The van der Waals surface area contributed by atoms with Crippen LogP contribution in [-0.2, 0) is 6.54 Å². The van der Waals surface area contributed by atoms with E-state index in [2.05, 4.69) is 39.2 Å². The van der Waals surface area contributed by atoms with Gasteiger partial charge in [0.2, 0.25) is 0 Å². The zero-order valence-electron chi connectivity index (χ0n) is 10.2. The summed E-state index contributed by atoms with van der Waals surface area (Å²) in [4.78, 5) is 0. The van der Waals surface area contributed by atoms with Gasteiger partial charge in [0.1, 0.15) is 5.75 Å². The number of allylic oxidation sites excluding steroid dienone is 1. The minimum atomic E-state index is 0.714. The largest absolute Gasteiger partial charge is 0.496 e. The van der Waals surface area contributed by atoms with Gasteiger partial charge in [0, 0.05) is 23.3 Å². The normalized spacial score (nSPS) is 11.0. The molecule has 0 spiro atoms. The van der Waals surface area contributed by atoms with Crippen molar-refractivity contribution >= 4 is 22.0 Å². The van der Waals surface area contributed by atoms with Crippen molar-refractivity contribution in [3.63, 3.8) is 0 Å². The van der Waals surface area contributed by atoms with E-state index in [0.29, 0.717) is 6.54 Å². The Morgan fingerprint density at radius 2 is 2.33 bits per heavy atom. The molecule has 2 aromatic rings. The average Bonchev–Trinajstić information content (AvgIpc) is 2.89. The molecule has 1 aromatic heterocycles. The fourth-order valence-electron chi connectivity index (χ4n) is 1.77. The number of aromatic nitrogens is 2. The van der Waals surface area contributed by atoms with Gasteiger partial charge in [-0.1, -0.05) is 34.1 Å². The van der Waals surface area contributed by atoms with Crippen LogP contribution >= 0.6 is 15.9 Å². The van der Waals surface area contributed by atoms with Gasteiger partial charge < -0.3 is 4.74 Å². The molecule has 0 aliphatic rings. The maximum absolute atomic E-state index is 5.38. The molecule has 0 amide bonds. The molecule has 4 heteroatoms. The molecule has 0 N–H and O–H groups in total. The Labute approximate surface area is 115 Å². The molecule has 0 bridgehead atoms. The molecule has 1 heterocycles. The predicted octanol–water partition coefficient (Wildman–Crippen LogP) is 3.35. The van der Waals surface area contributed by atoms with E-state index in [1.807, 2.05) is 29.1 Å². The summed E-state index contributed by atoms with van der Waals surface area (Å²) < 4.78 is 7.26. The zero-order chi connectivity index (χ0) is 12.8. The van der Waals surface area contributed by atoms with Crippen LogP contribution in [0.15, 0.2) is 42.7 Å². The SMILES string of the molecule is COc1ccc(C=CCBr)cc1Cn1cccn1. The molecule has 0 aliphatic heterocycles. The summed E-state index contributed by atoms with van der Waals surface area (Å²) in [6.07, 6.45) is 7.88. The fourth-order valence-corrected chi connectivity index (χ4v) is 1.96. The monoisotopic (exact) mass is 306 g/mol. The quantitative estimate of drug-likeness (QED) is 0.792. The Balaban J connectivity index is 2.27. The topological polar surface area (TPSA) is 27.1 Å². The Bertz CT molecular complexity index is 521. The molecule has 0 fully saturated rings. The third-order valence-electron chi connectivity index (χ3n) is 2.60. The van der Waals surface area contributed by atoms with Crippen LogP contribution in [0.2, 0.25) is 0 Å². The van der Waals surface area contributed by atoms with Gasteiger partial charge in [-0.15, -0.1) is 0 Å². The lowest BCUT2D eigenvalue weighted by atomic mass is 10.1. The van der Waals surface area contributed by atoms with Crippen LogP contribution in [0, 0.1) is 0 Å². The molecule has 18 heavy (non-hydrogen) atoms. The van der Waals surface area contributed by atoms with Crippen LogP contribution in [-0.4, -0.2) is 22.2 Å². The number of hydrogen-bond donors (Lipinski definition) is 0. The molecule has 0 atom stereocenters. The number of alkyl halides is 1. The summed E-state index contributed by atoms with van der Waals surface area (Å²) in [7, 11) is 1.69. The summed E-state index contributed by atoms with van der Waals surface area (Å²) in [6.45, 7) is 0.714. The van der Waals surface area contributed by atoms with Crippen molar-refractivity contribution in [2.24, 2.45) is 0 Å². The number of methoxy groups -OCH3 is 1. The number of nitrogens with zero attached hydrogens (tertiary/aromatic N) is 2. The fraction of sp³-hybridized carbons (Fsp3) is 0.214. The van der Waals surface area contributed by atoms with E-state index >= 15 is 0 Å². The highest BCUT2D eigenvalue weighted by molar-refractivity contribution is 9.09. The van der Waals surface area contributed by atoms with E-state index in [1.54, 1.807) is 13.3 Å². The first-order valence-electron chi connectivity index (χ1n) is 5.70. The van der Waals surface area contributed by atoms with Gasteiger partial charge >= 0.3 is 0 Å². The standard InChI is InChI=1S/C14H15BrN2O/c1-18-14-6-5-12(4-2-7-15)10-13(14)11-17-9-3-8-16-17/h2-6,8-10H,7,11H2,1H3. The molecule has 0 aliphatic carbocycles. The van der Waals surface area contributed by atoms with Gasteiger partial charge in [-0.05, 0) is 23.8 Å². The van der Waals surface area contributed by atoms with Gasteiger partial charge in [-0.3, -0.25) is 4.68 Å². The maximum Gasteiger partial charge on any atom is 0.123 e. The van der Waals surface area contributed by atoms with Gasteiger partial charge in [0.15, 0.2) is 0 Å². The Morgan fingerprint density at radius 1 is 1.44 bits per heavy atom. The van der Waals surface area contributed by atoms with Crippen LogP contribution in [0.25, 0.3) is 6.08 Å². The van der Waals surface area contributed by atoms with E-state index in [-0.39, 0.29) is 0 Å². The van der Waals surface area contributed by atoms with Crippen molar-refractivity contribution in [2.45, 2.75) is 6.54 Å². The van der Waals surface area contributed by atoms with Gasteiger partial charge in [-0.2, -0.15) is 5.10 Å². The second-order valence-electron chi connectivity index (χ2n) is 3.83.